The van der Waals surface area contributed by atoms with Crippen molar-refractivity contribution in [2.75, 3.05) is 24.7 Å². The van der Waals surface area contributed by atoms with Gasteiger partial charge in [-0.05, 0) is 56.3 Å². The summed E-state index contributed by atoms with van der Waals surface area (Å²) in [6.07, 6.45) is 1.11. The zero-order valence-electron chi connectivity index (χ0n) is 15.0. The van der Waals surface area contributed by atoms with E-state index in [4.69, 9.17) is 0 Å². The van der Waals surface area contributed by atoms with Gasteiger partial charge in [-0.25, -0.2) is 8.42 Å². The Bertz CT molecular complexity index is 901. The standard InChI is InChI=1S/C19H22N2O4S/c1-4-21(5-2)19(23)15-7-6-8-16(13-15)20-18(22)14-9-11-17(12-10-14)26(3,24)25/h6-13H,4-5H2,1-3H3,(H,20,22). The number of amides is 2. The van der Waals surface area contributed by atoms with Crippen molar-refractivity contribution in [3.8, 4) is 0 Å². The first kappa shape index (κ1) is 19.7. The van der Waals surface area contributed by atoms with Gasteiger partial charge in [0.25, 0.3) is 11.8 Å². The average Bonchev–Trinajstić information content (AvgIpc) is 2.62. The lowest BCUT2D eigenvalue weighted by atomic mass is 10.1. The van der Waals surface area contributed by atoms with E-state index < -0.39 is 9.84 Å². The molecule has 2 amide bonds. The molecule has 0 aliphatic heterocycles. The number of carbonyl (C=O) groups excluding carboxylic acids is 2. The Morgan fingerprint density at radius 1 is 0.962 bits per heavy atom. The predicted molar refractivity (Wildman–Crippen MR) is 101 cm³/mol. The van der Waals surface area contributed by atoms with Crippen molar-refractivity contribution >= 4 is 27.3 Å². The van der Waals surface area contributed by atoms with E-state index in [1.165, 1.54) is 24.3 Å². The minimum absolute atomic E-state index is 0.0939. The monoisotopic (exact) mass is 374 g/mol. The third-order valence-corrected chi connectivity index (χ3v) is 5.09. The molecule has 26 heavy (non-hydrogen) atoms. The molecular formula is C19H22N2O4S. The lowest BCUT2D eigenvalue weighted by Gasteiger charge is -2.19. The van der Waals surface area contributed by atoms with Crippen LogP contribution in [0.1, 0.15) is 34.6 Å². The van der Waals surface area contributed by atoms with E-state index in [1.807, 2.05) is 13.8 Å². The summed E-state index contributed by atoms with van der Waals surface area (Å²) in [6.45, 7) is 5.04. The van der Waals surface area contributed by atoms with Crippen molar-refractivity contribution in [3.63, 3.8) is 0 Å². The molecular weight excluding hydrogens is 352 g/mol. The van der Waals surface area contributed by atoms with Crippen LogP contribution in [-0.2, 0) is 9.84 Å². The fourth-order valence-electron chi connectivity index (χ4n) is 2.48. The van der Waals surface area contributed by atoms with Crippen molar-refractivity contribution in [1.29, 1.82) is 0 Å². The Labute approximate surface area is 153 Å². The van der Waals surface area contributed by atoms with E-state index in [-0.39, 0.29) is 16.7 Å². The van der Waals surface area contributed by atoms with Crippen LogP contribution in [0, 0.1) is 0 Å². The van der Waals surface area contributed by atoms with Crippen LogP contribution >= 0.6 is 0 Å². The third-order valence-electron chi connectivity index (χ3n) is 3.96. The second-order valence-electron chi connectivity index (χ2n) is 5.81. The molecule has 0 aromatic heterocycles. The van der Waals surface area contributed by atoms with Crippen LogP contribution in [-0.4, -0.2) is 44.5 Å². The number of sulfone groups is 1. The number of nitrogens with one attached hydrogen (secondary N) is 1. The highest BCUT2D eigenvalue weighted by Gasteiger charge is 2.14. The molecule has 1 N–H and O–H groups in total. The molecule has 0 saturated carbocycles. The molecule has 2 aromatic carbocycles. The van der Waals surface area contributed by atoms with Gasteiger partial charge in [-0.2, -0.15) is 0 Å². The highest BCUT2D eigenvalue weighted by Crippen LogP contribution is 2.15. The van der Waals surface area contributed by atoms with Gasteiger partial charge in [0.1, 0.15) is 0 Å². The minimum Gasteiger partial charge on any atom is -0.339 e. The molecule has 0 unspecified atom stereocenters. The molecule has 2 rings (SSSR count). The Morgan fingerprint density at radius 3 is 2.12 bits per heavy atom. The largest absolute Gasteiger partial charge is 0.339 e. The van der Waals surface area contributed by atoms with Crippen LogP contribution < -0.4 is 5.32 Å². The molecule has 138 valence electrons. The summed E-state index contributed by atoms with van der Waals surface area (Å²) in [4.78, 5) is 26.6. The number of benzene rings is 2. The highest BCUT2D eigenvalue weighted by atomic mass is 32.2. The topological polar surface area (TPSA) is 83.6 Å². The van der Waals surface area contributed by atoms with Crippen LogP contribution in [0.4, 0.5) is 5.69 Å². The third kappa shape index (κ3) is 4.70. The number of rotatable bonds is 6. The zero-order valence-corrected chi connectivity index (χ0v) is 15.8. The summed E-state index contributed by atoms with van der Waals surface area (Å²) < 4.78 is 22.9. The van der Waals surface area contributed by atoms with Gasteiger partial charge in [0.2, 0.25) is 0 Å². The van der Waals surface area contributed by atoms with Gasteiger partial charge in [-0.3, -0.25) is 9.59 Å². The summed E-state index contributed by atoms with van der Waals surface area (Å²) in [6, 6.07) is 12.4. The second-order valence-corrected chi connectivity index (χ2v) is 7.82. The molecule has 0 aliphatic carbocycles. The molecule has 0 aliphatic rings. The van der Waals surface area contributed by atoms with Gasteiger partial charge in [0.05, 0.1) is 4.90 Å². The molecule has 7 heteroatoms. The molecule has 6 nitrogen and oxygen atoms in total. The summed E-state index contributed by atoms with van der Waals surface area (Å²) in [5.41, 5.74) is 1.33. The normalized spacial score (nSPS) is 11.0. The van der Waals surface area contributed by atoms with Crippen LogP contribution in [0.5, 0.6) is 0 Å². The lowest BCUT2D eigenvalue weighted by molar-refractivity contribution is 0.0772. The van der Waals surface area contributed by atoms with E-state index in [1.54, 1.807) is 29.2 Å². The molecule has 0 bridgehead atoms. The number of hydrogen-bond donors (Lipinski definition) is 1. The molecule has 0 saturated heterocycles. The molecule has 0 atom stereocenters. The van der Waals surface area contributed by atoms with E-state index >= 15 is 0 Å². The highest BCUT2D eigenvalue weighted by molar-refractivity contribution is 7.90. The summed E-state index contributed by atoms with van der Waals surface area (Å²) in [7, 11) is -3.31. The summed E-state index contributed by atoms with van der Waals surface area (Å²) >= 11 is 0. The first-order chi connectivity index (χ1) is 12.3. The Hall–Kier alpha value is -2.67. The van der Waals surface area contributed by atoms with Crippen LogP contribution in [0.2, 0.25) is 0 Å². The number of nitrogens with zero attached hydrogens (tertiary/aromatic N) is 1. The maximum Gasteiger partial charge on any atom is 0.255 e. The number of carbonyl (C=O) groups is 2. The van der Waals surface area contributed by atoms with E-state index in [0.717, 1.165) is 6.26 Å². The lowest BCUT2D eigenvalue weighted by Crippen LogP contribution is -2.30. The fourth-order valence-corrected chi connectivity index (χ4v) is 3.11. The quantitative estimate of drug-likeness (QED) is 0.843. The summed E-state index contributed by atoms with van der Waals surface area (Å²) in [5.74, 6) is -0.471. The predicted octanol–water partition coefficient (Wildman–Crippen LogP) is 2.82. The van der Waals surface area contributed by atoms with Crippen LogP contribution in [0.25, 0.3) is 0 Å². The van der Waals surface area contributed by atoms with Gasteiger partial charge in [-0.15, -0.1) is 0 Å². The van der Waals surface area contributed by atoms with Gasteiger partial charge in [-0.1, -0.05) is 6.07 Å². The summed E-state index contributed by atoms with van der Waals surface area (Å²) in [5, 5.41) is 2.73. The molecule has 0 fully saturated rings. The maximum atomic E-state index is 12.4. The van der Waals surface area contributed by atoms with Crippen molar-refractivity contribution in [1.82, 2.24) is 4.90 Å². The first-order valence-corrected chi connectivity index (χ1v) is 10.2. The fraction of sp³-hybridized carbons (Fsp3) is 0.263. The molecule has 0 heterocycles. The van der Waals surface area contributed by atoms with E-state index in [9.17, 15) is 18.0 Å². The van der Waals surface area contributed by atoms with Crippen molar-refractivity contribution in [3.05, 3.63) is 59.7 Å². The van der Waals surface area contributed by atoms with Crippen molar-refractivity contribution in [2.45, 2.75) is 18.7 Å². The van der Waals surface area contributed by atoms with Gasteiger partial charge in [0.15, 0.2) is 9.84 Å². The Balaban J connectivity index is 2.17. The average molecular weight is 374 g/mol. The smallest absolute Gasteiger partial charge is 0.255 e. The van der Waals surface area contributed by atoms with Crippen molar-refractivity contribution < 1.29 is 18.0 Å². The molecule has 0 spiro atoms. The van der Waals surface area contributed by atoms with Gasteiger partial charge >= 0.3 is 0 Å². The SMILES string of the molecule is CCN(CC)C(=O)c1cccc(NC(=O)c2ccc(S(C)(=O)=O)cc2)c1. The molecule has 0 radical (unpaired) electrons. The maximum absolute atomic E-state index is 12.4. The van der Waals surface area contributed by atoms with Crippen LogP contribution in [0.15, 0.2) is 53.4 Å². The minimum atomic E-state index is -3.31. The Kier molecular flexibility index (Phi) is 6.15. The van der Waals surface area contributed by atoms with E-state index in [0.29, 0.717) is 29.9 Å². The number of anilines is 1. The Morgan fingerprint density at radius 2 is 1.58 bits per heavy atom. The first-order valence-electron chi connectivity index (χ1n) is 8.27. The molecule has 2 aromatic rings. The van der Waals surface area contributed by atoms with E-state index in [2.05, 4.69) is 5.32 Å². The zero-order chi connectivity index (χ0) is 19.3. The van der Waals surface area contributed by atoms with Crippen LogP contribution in [0.3, 0.4) is 0 Å². The van der Waals surface area contributed by atoms with Crippen molar-refractivity contribution in [2.24, 2.45) is 0 Å². The second kappa shape index (κ2) is 8.14. The van der Waals surface area contributed by atoms with Gasteiger partial charge < -0.3 is 10.2 Å². The van der Waals surface area contributed by atoms with Gasteiger partial charge in [0, 0.05) is 36.2 Å². The number of hydrogen-bond acceptors (Lipinski definition) is 4.